The van der Waals surface area contributed by atoms with Gasteiger partial charge in [-0.25, -0.2) is 0 Å². The summed E-state index contributed by atoms with van der Waals surface area (Å²) < 4.78 is 5.41. The van der Waals surface area contributed by atoms with Crippen LogP contribution < -0.4 is 4.74 Å². The molecule has 0 aliphatic carbocycles. The Kier molecular flexibility index (Phi) is 6.43. The fourth-order valence-electron chi connectivity index (χ4n) is 1.66. The highest BCUT2D eigenvalue weighted by Crippen LogP contribution is 2.14. The first-order valence-electron chi connectivity index (χ1n) is 6.22. The van der Waals surface area contributed by atoms with Crippen LogP contribution in [0, 0.1) is 5.92 Å². The van der Waals surface area contributed by atoms with Crippen LogP contribution in [0.4, 0.5) is 0 Å². The molecule has 0 fully saturated rings. The molecular weight excluding hydrogens is 248 g/mol. The summed E-state index contributed by atoms with van der Waals surface area (Å²) in [4.78, 5) is 21.4. The highest BCUT2D eigenvalue weighted by atomic mass is 16.5. The number of carbonyl (C=O) groups is 2. The number of carboxylic acid groups (broad SMARTS) is 2. The van der Waals surface area contributed by atoms with Gasteiger partial charge in [-0.3, -0.25) is 9.59 Å². The van der Waals surface area contributed by atoms with Gasteiger partial charge in [-0.15, -0.1) is 0 Å². The maximum Gasteiger partial charge on any atom is 0.309 e. The van der Waals surface area contributed by atoms with Crippen LogP contribution in [0.1, 0.15) is 25.7 Å². The molecule has 1 atom stereocenters. The summed E-state index contributed by atoms with van der Waals surface area (Å²) in [5.41, 5.74) is 0. The van der Waals surface area contributed by atoms with Gasteiger partial charge in [-0.05, 0) is 25.0 Å². The molecule has 0 spiro atoms. The second-order valence-electron chi connectivity index (χ2n) is 4.30. The van der Waals surface area contributed by atoms with Crippen molar-refractivity contribution in [1.82, 2.24) is 0 Å². The van der Waals surface area contributed by atoms with Gasteiger partial charge in [0.2, 0.25) is 0 Å². The zero-order valence-corrected chi connectivity index (χ0v) is 10.6. The van der Waals surface area contributed by atoms with Crippen LogP contribution in [0.2, 0.25) is 0 Å². The number of hydrogen-bond acceptors (Lipinski definition) is 3. The van der Waals surface area contributed by atoms with Crippen LogP contribution in [0.3, 0.4) is 0 Å². The SMILES string of the molecule is O=C(O)CCCCC(COc1ccccc1)C(=O)O. The fraction of sp³-hybridized carbons (Fsp3) is 0.429. The van der Waals surface area contributed by atoms with Crippen molar-refractivity contribution in [2.45, 2.75) is 25.7 Å². The zero-order valence-electron chi connectivity index (χ0n) is 10.6. The Morgan fingerprint density at radius 2 is 1.79 bits per heavy atom. The number of hydrogen-bond donors (Lipinski definition) is 2. The molecule has 0 saturated heterocycles. The van der Waals surface area contributed by atoms with Gasteiger partial charge in [-0.2, -0.15) is 0 Å². The predicted octanol–water partition coefficient (Wildman–Crippen LogP) is 2.41. The first-order valence-corrected chi connectivity index (χ1v) is 6.22. The molecule has 1 aromatic carbocycles. The minimum absolute atomic E-state index is 0.0753. The van der Waals surface area contributed by atoms with Gasteiger partial charge in [0, 0.05) is 6.42 Å². The molecule has 5 nitrogen and oxygen atoms in total. The third-order valence-corrected chi connectivity index (χ3v) is 2.74. The Balaban J connectivity index is 2.32. The standard InChI is InChI=1S/C14H18O5/c15-13(16)9-5-4-6-11(14(17)18)10-19-12-7-2-1-3-8-12/h1-3,7-8,11H,4-6,9-10H2,(H,15,16)(H,17,18). The number of carboxylic acids is 2. The molecule has 0 saturated carbocycles. The smallest absolute Gasteiger partial charge is 0.309 e. The number of rotatable bonds is 9. The van der Waals surface area contributed by atoms with Gasteiger partial charge in [-0.1, -0.05) is 24.6 Å². The number of aliphatic carboxylic acids is 2. The summed E-state index contributed by atoms with van der Waals surface area (Å²) in [6, 6.07) is 9.02. The Labute approximate surface area is 111 Å². The van der Waals surface area contributed by atoms with Gasteiger partial charge in [0.05, 0.1) is 5.92 Å². The van der Waals surface area contributed by atoms with Crippen molar-refractivity contribution >= 4 is 11.9 Å². The van der Waals surface area contributed by atoms with Gasteiger partial charge in [0.1, 0.15) is 12.4 Å². The average molecular weight is 266 g/mol. The molecule has 5 heteroatoms. The van der Waals surface area contributed by atoms with E-state index in [9.17, 15) is 9.59 Å². The van der Waals surface area contributed by atoms with Gasteiger partial charge in [0.15, 0.2) is 0 Å². The molecule has 0 amide bonds. The lowest BCUT2D eigenvalue weighted by atomic mass is 10.0. The Morgan fingerprint density at radius 1 is 1.11 bits per heavy atom. The summed E-state index contributed by atoms with van der Waals surface area (Å²) in [6.07, 6.45) is 1.56. The molecule has 0 heterocycles. The van der Waals surface area contributed by atoms with Crippen molar-refractivity contribution in [3.63, 3.8) is 0 Å². The number of para-hydroxylation sites is 1. The van der Waals surface area contributed by atoms with E-state index in [0.29, 0.717) is 25.0 Å². The second-order valence-corrected chi connectivity index (χ2v) is 4.30. The van der Waals surface area contributed by atoms with Crippen molar-refractivity contribution in [3.05, 3.63) is 30.3 Å². The summed E-state index contributed by atoms with van der Waals surface area (Å²) >= 11 is 0. The Hall–Kier alpha value is -2.04. The average Bonchev–Trinajstić information content (AvgIpc) is 2.38. The lowest BCUT2D eigenvalue weighted by Gasteiger charge is -2.13. The summed E-state index contributed by atoms with van der Waals surface area (Å²) in [6.45, 7) is 0.104. The van der Waals surface area contributed by atoms with E-state index >= 15 is 0 Å². The van der Waals surface area contributed by atoms with Crippen LogP contribution in [-0.4, -0.2) is 28.8 Å². The molecule has 1 unspecified atom stereocenters. The quantitative estimate of drug-likeness (QED) is 0.670. The van der Waals surface area contributed by atoms with Crippen LogP contribution in [0.25, 0.3) is 0 Å². The van der Waals surface area contributed by atoms with Crippen molar-refractivity contribution in [1.29, 1.82) is 0 Å². The van der Waals surface area contributed by atoms with E-state index in [0.717, 1.165) is 0 Å². The van der Waals surface area contributed by atoms with E-state index in [4.69, 9.17) is 14.9 Å². The summed E-state index contributed by atoms with van der Waals surface area (Å²) in [7, 11) is 0. The van der Waals surface area contributed by atoms with Gasteiger partial charge < -0.3 is 14.9 Å². The van der Waals surface area contributed by atoms with Crippen LogP contribution in [0.15, 0.2) is 30.3 Å². The maximum absolute atomic E-state index is 11.1. The number of ether oxygens (including phenoxy) is 1. The van der Waals surface area contributed by atoms with Gasteiger partial charge >= 0.3 is 11.9 Å². The lowest BCUT2D eigenvalue weighted by molar-refractivity contribution is -0.143. The highest BCUT2D eigenvalue weighted by Gasteiger charge is 2.18. The summed E-state index contributed by atoms with van der Waals surface area (Å²) in [5.74, 6) is -1.73. The van der Waals surface area contributed by atoms with Crippen LogP contribution in [0.5, 0.6) is 5.75 Å². The largest absolute Gasteiger partial charge is 0.493 e. The molecule has 0 aliphatic rings. The van der Waals surface area contributed by atoms with E-state index in [1.807, 2.05) is 18.2 Å². The second kappa shape index (κ2) is 8.13. The third-order valence-electron chi connectivity index (χ3n) is 2.74. The molecule has 0 aromatic heterocycles. The number of unbranched alkanes of at least 4 members (excludes halogenated alkanes) is 1. The molecular formula is C14H18O5. The zero-order chi connectivity index (χ0) is 14.1. The van der Waals surface area contributed by atoms with E-state index in [2.05, 4.69) is 0 Å². The van der Waals surface area contributed by atoms with Crippen molar-refractivity contribution in [3.8, 4) is 5.75 Å². The summed E-state index contributed by atoms with van der Waals surface area (Å²) in [5, 5.41) is 17.6. The lowest BCUT2D eigenvalue weighted by Crippen LogP contribution is -2.21. The third kappa shape index (κ3) is 6.45. The predicted molar refractivity (Wildman–Crippen MR) is 69.2 cm³/mol. The van der Waals surface area contributed by atoms with Crippen LogP contribution in [-0.2, 0) is 9.59 Å². The van der Waals surface area contributed by atoms with Crippen molar-refractivity contribution in [2.24, 2.45) is 5.92 Å². The normalized spacial score (nSPS) is 11.8. The fourth-order valence-corrected chi connectivity index (χ4v) is 1.66. The minimum atomic E-state index is -0.911. The molecule has 0 bridgehead atoms. The first kappa shape index (κ1) is 15.0. The van der Waals surface area contributed by atoms with E-state index in [1.165, 1.54) is 0 Å². The van der Waals surface area contributed by atoms with E-state index < -0.39 is 17.9 Å². The Bertz CT molecular complexity index is 402. The highest BCUT2D eigenvalue weighted by molar-refractivity contribution is 5.70. The monoisotopic (exact) mass is 266 g/mol. The molecule has 104 valence electrons. The molecule has 2 N–H and O–H groups in total. The van der Waals surface area contributed by atoms with Gasteiger partial charge in [0.25, 0.3) is 0 Å². The molecule has 19 heavy (non-hydrogen) atoms. The maximum atomic E-state index is 11.1. The van der Waals surface area contributed by atoms with Crippen molar-refractivity contribution < 1.29 is 24.5 Å². The molecule has 0 radical (unpaired) electrons. The minimum Gasteiger partial charge on any atom is -0.493 e. The molecule has 0 aliphatic heterocycles. The van der Waals surface area contributed by atoms with E-state index in [1.54, 1.807) is 12.1 Å². The van der Waals surface area contributed by atoms with Crippen molar-refractivity contribution in [2.75, 3.05) is 6.61 Å². The number of benzene rings is 1. The van der Waals surface area contributed by atoms with E-state index in [-0.39, 0.29) is 13.0 Å². The first-order chi connectivity index (χ1) is 9.09. The van der Waals surface area contributed by atoms with Crippen LogP contribution >= 0.6 is 0 Å². The topological polar surface area (TPSA) is 83.8 Å². The Morgan fingerprint density at radius 3 is 2.37 bits per heavy atom. The molecule has 1 aromatic rings. The molecule has 1 rings (SSSR count).